The predicted molar refractivity (Wildman–Crippen MR) is 161 cm³/mol. The molecule has 0 radical (unpaired) electrons. The molecule has 220 valence electrons. The zero-order valence-electron chi connectivity index (χ0n) is 23.5. The number of nitrogens with one attached hydrogen (secondary N) is 1. The number of nitrogens with zero attached hydrogens (tertiary/aromatic N) is 2. The van der Waals surface area contributed by atoms with Crippen LogP contribution in [0.2, 0.25) is 0 Å². The number of hydrogen-bond donors (Lipinski definition) is 1. The summed E-state index contributed by atoms with van der Waals surface area (Å²) in [5.74, 6) is -0.808. The highest BCUT2D eigenvalue weighted by molar-refractivity contribution is 9.10. The standard InChI is InChI=1S/C30H35BrFN3O5S/c1-5-40-27-13-15-28(16-14-27)41(38,39)35(26-11-9-25(32)10-12-26)20-29(36)34(19-23-7-6-8-24(31)17-23)22(4)30(37)33-18-21(2)3/h6-17,21-22H,5,18-20H2,1-4H3,(H,33,37). The highest BCUT2D eigenvalue weighted by atomic mass is 79.9. The van der Waals surface area contributed by atoms with Gasteiger partial charge >= 0.3 is 0 Å². The van der Waals surface area contributed by atoms with Crippen LogP contribution in [0.4, 0.5) is 10.1 Å². The maximum absolute atomic E-state index is 13.9. The van der Waals surface area contributed by atoms with Crippen molar-refractivity contribution in [2.75, 3.05) is 24.0 Å². The average Bonchev–Trinajstić information content (AvgIpc) is 2.94. The van der Waals surface area contributed by atoms with E-state index in [1.54, 1.807) is 6.92 Å². The van der Waals surface area contributed by atoms with Gasteiger partial charge in [0.1, 0.15) is 24.2 Å². The van der Waals surface area contributed by atoms with Crippen molar-refractivity contribution in [1.82, 2.24) is 10.2 Å². The van der Waals surface area contributed by atoms with E-state index in [4.69, 9.17) is 4.74 Å². The number of rotatable bonds is 13. The third kappa shape index (κ3) is 8.77. The fourth-order valence-corrected chi connectivity index (χ4v) is 5.87. The van der Waals surface area contributed by atoms with E-state index in [9.17, 15) is 22.4 Å². The molecule has 3 aromatic carbocycles. The Morgan fingerprint density at radius 2 is 1.66 bits per heavy atom. The van der Waals surface area contributed by atoms with Crippen molar-refractivity contribution >= 4 is 43.5 Å². The molecule has 0 spiro atoms. The summed E-state index contributed by atoms with van der Waals surface area (Å²) in [7, 11) is -4.27. The number of carbonyl (C=O) groups is 2. The Labute approximate surface area is 249 Å². The van der Waals surface area contributed by atoms with Crippen molar-refractivity contribution in [3.05, 3.63) is 88.6 Å². The van der Waals surface area contributed by atoms with E-state index in [-0.39, 0.29) is 29.0 Å². The number of hydrogen-bond acceptors (Lipinski definition) is 5. The number of ether oxygens (including phenoxy) is 1. The van der Waals surface area contributed by atoms with E-state index in [1.165, 1.54) is 41.3 Å². The molecule has 8 nitrogen and oxygen atoms in total. The van der Waals surface area contributed by atoms with Crippen LogP contribution in [0.1, 0.15) is 33.3 Å². The van der Waals surface area contributed by atoms with E-state index >= 15 is 0 Å². The molecule has 11 heteroatoms. The lowest BCUT2D eigenvalue weighted by Crippen LogP contribution is -2.51. The van der Waals surface area contributed by atoms with Crippen molar-refractivity contribution in [3.8, 4) is 5.75 Å². The second-order valence-electron chi connectivity index (χ2n) is 9.86. The Balaban J connectivity index is 2.00. The molecule has 0 aliphatic heterocycles. The number of anilines is 1. The van der Waals surface area contributed by atoms with Gasteiger partial charge in [0.05, 0.1) is 17.2 Å². The molecule has 0 bridgehead atoms. The maximum atomic E-state index is 13.9. The molecular formula is C30H35BrFN3O5S. The summed E-state index contributed by atoms with van der Waals surface area (Å²) in [6, 6.07) is 17.1. The molecule has 0 aromatic heterocycles. The van der Waals surface area contributed by atoms with Crippen molar-refractivity contribution in [2.45, 2.75) is 45.2 Å². The molecule has 1 atom stereocenters. The van der Waals surface area contributed by atoms with Gasteiger partial charge in [-0.3, -0.25) is 13.9 Å². The van der Waals surface area contributed by atoms with E-state index < -0.39 is 34.3 Å². The van der Waals surface area contributed by atoms with E-state index in [0.29, 0.717) is 18.9 Å². The molecule has 0 heterocycles. The Hall–Kier alpha value is -3.44. The lowest BCUT2D eigenvalue weighted by Gasteiger charge is -2.32. The summed E-state index contributed by atoms with van der Waals surface area (Å²) in [4.78, 5) is 28.2. The van der Waals surface area contributed by atoms with Gasteiger partial charge in [-0.2, -0.15) is 0 Å². The minimum atomic E-state index is -4.27. The smallest absolute Gasteiger partial charge is 0.264 e. The summed E-state index contributed by atoms with van der Waals surface area (Å²) in [6.07, 6.45) is 0. The average molecular weight is 649 g/mol. The zero-order valence-corrected chi connectivity index (χ0v) is 25.9. The predicted octanol–water partition coefficient (Wildman–Crippen LogP) is 5.37. The van der Waals surface area contributed by atoms with Gasteiger partial charge in [-0.25, -0.2) is 12.8 Å². The largest absolute Gasteiger partial charge is 0.494 e. The normalized spacial score (nSPS) is 12.1. The zero-order chi connectivity index (χ0) is 30.2. The van der Waals surface area contributed by atoms with Gasteiger partial charge < -0.3 is 15.0 Å². The Kier molecular flexibility index (Phi) is 11.3. The van der Waals surface area contributed by atoms with Gasteiger partial charge in [0, 0.05) is 17.6 Å². The summed E-state index contributed by atoms with van der Waals surface area (Å²) < 4.78 is 48.6. The highest BCUT2D eigenvalue weighted by Gasteiger charge is 2.32. The lowest BCUT2D eigenvalue weighted by molar-refractivity contribution is -0.139. The van der Waals surface area contributed by atoms with Crippen molar-refractivity contribution in [3.63, 3.8) is 0 Å². The van der Waals surface area contributed by atoms with Gasteiger partial charge in [-0.15, -0.1) is 0 Å². The number of halogens is 2. The van der Waals surface area contributed by atoms with Crippen molar-refractivity contribution in [1.29, 1.82) is 0 Å². The number of amides is 2. The fourth-order valence-electron chi connectivity index (χ4n) is 4.00. The second-order valence-corrected chi connectivity index (χ2v) is 12.6. The summed E-state index contributed by atoms with van der Waals surface area (Å²) in [5.41, 5.74) is 0.854. The van der Waals surface area contributed by atoms with E-state index in [0.717, 1.165) is 26.5 Å². The molecule has 0 fully saturated rings. The van der Waals surface area contributed by atoms with Crippen LogP contribution in [0, 0.1) is 11.7 Å². The first-order valence-electron chi connectivity index (χ1n) is 13.2. The van der Waals surface area contributed by atoms with E-state index in [1.807, 2.05) is 45.0 Å². The minimum absolute atomic E-state index is 0.0644. The Morgan fingerprint density at radius 1 is 1.00 bits per heavy atom. The molecule has 0 aliphatic rings. The van der Waals surface area contributed by atoms with Crippen LogP contribution < -0.4 is 14.4 Å². The van der Waals surface area contributed by atoms with Crippen LogP contribution in [0.3, 0.4) is 0 Å². The Bertz CT molecular complexity index is 1430. The maximum Gasteiger partial charge on any atom is 0.264 e. The molecular weight excluding hydrogens is 613 g/mol. The van der Waals surface area contributed by atoms with Crippen LogP contribution in [0.5, 0.6) is 5.75 Å². The molecule has 3 aromatic rings. The van der Waals surface area contributed by atoms with Gasteiger partial charge in [0.25, 0.3) is 10.0 Å². The Morgan fingerprint density at radius 3 is 2.24 bits per heavy atom. The van der Waals surface area contributed by atoms with Crippen molar-refractivity contribution < 1.29 is 27.1 Å². The van der Waals surface area contributed by atoms with Gasteiger partial charge in [0.2, 0.25) is 11.8 Å². The molecule has 1 N–H and O–H groups in total. The molecule has 0 aliphatic carbocycles. The van der Waals surface area contributed by atoms with E-state index in [2.05, 4.69) is 21.2 Å². The van der Waals surface area contributed by atoms with Crippen LogP contribution in [0.25, 0.3) is 0 Å². The molecule has 0 saturated carbocycles. The summed E-state index contributed by atoms with van der Waals surface area (Å²) in [6.45, 7) is 7.63. The monoisotopic (exact) mass is 647 g/mol. The first-order chi connectivity index (χ1) is 19.4. The van der Waals surface area contributed by atoms with Crippen LogP contribution in [-0.2, 0) is 26.2 Å². The SMILES string of the molecule is CCOc1ccc(S(=O)(=O)N(CC(=O)N(Cc2cccc(Br)c2)C(C)C(=O)NCC(C)C)c2ccc(F)cc2)cc1. The molecule has 2 amide bonds. The van der Waals surface area contributed by atoms with Crippen LogP contribution >= 0.6 is 15.9 Å². The lowest BCUT2D eigenvalue weighted by atomic mass is 10.1. The quantitative estimate of drug-likeness (QED) is 0.269. The summed E-state index contributed by atoms with van der Waals surface area (Å²) >= 11 is 3.43. The van der Waals surface area contributed by atoms with Crippen molar-refractivity contribution in [2.24, 2.45) is 5.92 Å². The number of sulfonamides is 1. The van der Waals surface area contributed by atoms with Gasteiger partial charge in [0.15, 0.2) is 0 Å². The summed E-state index contributed by atoms with van der Waals surface area (Å²) in [5, 5.41) is 2.85. The molecule has 41 heavy (non-hydrogen) atoms. The topological polar surface area (TPSA) is 96.0 Å². The first-order valence-corrected chi connectivity index (χ1v) is 15.5. The number of carbonyl (C=O) groups excluding carboxylic acids is 2. The first kappa shape index (κ1) is 32.1. The highest BCUT2D eigenvalue weighted by Crippen LogP contribution is 2.26. The third-order valence-corrected chi connectivity index (χ3v) is 8.49. The minimum Gasteiger partial charge on any atom is -0.494 e. The van der Waals surface area contributed by atoms with Gasteiger partial charge in [-0.05, 0) is 86.0 Å². The second kappa shape index (κ2) is 14.5. The molecule has 1 unspecified atom stereocenters. The molecule has 0 saturated heterocycles. The van der Waals surface area contributed by atoms with Crippen LogP contribution in [-0.4, -0.2) is 50.9 Å². The number of benzene rings is 3. The molecule has 3 rings (SSSR count). The van der Waals surface area contributed by atoms with Crippen LogP contribution in [0.15, 0.2) is 82.2 Å². The van der Waals surface area contributed by atoms with Gasteiger partial charge in [-0.1, -0.05) is 41.9 Å². The third-order valence-electron chi connectivity index (χ3n) is 6.21. The fraction of sp³-hybridized carbons (Fsp3) is 0.333.